The van der Waals surface area contributed by atoms with Crippen molar-refractivity contribution in [1.82, 2.24) is 14.9 Å². The molecule has 1 aromatic heterocycles. The largest absolute Gasteiger partial charge is 0.493 e. The average Bonchev–Trinajstić information content (AvgIpc) is 3.06. The van der Waals surface area contributed by atoms with E-state index in [2.05, 4.69) is 15.6 Å². The molecule has 0 amide bonds. The van der Waals surface area contributed by atoms with Crippen molar-refractivity contribution in [1.29, 1.82) is 0 Å². The normalized spacial score (nSPS) is 10.7. The third kappa shape index (κ3) is 4.60. The van der Waals surface area contributed by atoms with E-state index in [9.17, 15) is 0 Å². The van der Waals surface area contributed by atoms with Gasteiger partial charge in [-0.1, -0.05) is 42.3 Å². The molecular formula is C19H20Cl2N4O2S. The van der Waals surface area contributed by atoms with Gasteiger partial charge in [0, 0.05) is 22.0 Å². The zero-order chi connectivity index (χ0) is 20.1. The predicted molar refractivity (Wildman–Crippen MR) is 114 cm³/mol. The number of aromatic amines is 1. The summed E-state index contributed by atoms with van der Waals surface area (Å²) in [4.78, 5) is 0. The summed E-state index contributed by atoms with van der Waals surface area (Å²) < 4.78 is 13.7. The van der Waals surface area contributed by atoms with Gasteiger partial charge in [0.1, 0.15) is 6.61 Å². The number of nitrogens with zero attached hydrogens (tertiary/aromatic N) is 2. The van der Waals surface area contributed by atoms with E-state index in [1.54, 1.807) is 30.0 Å². The second-order valence-corrected chi connectivity index (χ2v) is 7.14. The number of aromatic nitrogens is 3. The van der Waals surface area contributed by atoms with Gasteiger partial charge < -0.3 is 14.9 Å². The lowest BCUT2D eigenvalue weighted by atomic mass is 10.2. The first-order valence-electron chi connectivity index (χ1n) is 8.66. The minimum Gasteiger partial charge on any atom is -0.493 e. The average molecular weight is 439 g/mol. The Labute approximate surface area is 178 Å². The summed E-state index contributed by atoms with van der Waals surface area (Å²) in [6.45, 7) is 2.81. The van der Waals surface area contributed by atoms with Crippen LogP contribution in [0.2, 0.25) is 10.0 Å². The zero-order valence-corrected chi connectivity index (χ0v) is 17.8. The van der Waals surface area contributed by atoms with Crippen molar-refractivity contribution < 1.29 is 9.47 Å². The van der Waals surface area contributed by atoms with E-state index in [0.29, 0.717) is 32.9 Å². The molecule has 0 aliphatic carbocycles. The third-order valence-electron chi connectivity index (χ3n) is 4.16. The van der Waals surface area contributed by atoms with Crippen LogP contribution in [0, 0.1) is 4.77 Å². The van der Waals surface area contributed by atoms with Gasteiger partial charge in [-0.2, -0.15) is 5.10 Å². The van der Waals surface area contributed by atoms with Crippen LogP contribution in [0.25, 0.3) is 0 Å². The van der Waals surface area contributed by atoms with Crippen molar-refractivity contribution >= 4 is 35.4 Å². The smallest absolute Gasteiger partial charge is 0.214 e. The summed E-state index contributed by atoms with van der Waals surface area (Å²) in [6.07, 6.45) is 0.765. The van der Waals surface area contributed by atoms with E-state index in [1.807, 2.05) is 25.1 Å². The van der Waals surface area contributed by atoms with Crippen LogP contribution in [-0.4, -0.2) is 22.0 Å². The quantitative estimate of drug-likeness (QED) is 0.476. The second kappa shape index (κ2) is 9.32. The maximum Gasteiger partial charge on any atom is 0.214 e. The number of aryl methyl sites for hydroxylation is 1. The predicted octanol–water partition coefficient (Wildman–Crippen LogP) is 5.14. The van der Waals surface area contributed by atoms with Crippen LogP contribution in [0.4, 0.5) is 0 Å². The molecule has 6 nitrogen and oxygen atoms in total. The highest BCUT2D eigenvalue weighted by Gasteiger charge is 2.11. The third-order valence-corrected chi connectivity index (χ3v) is 5.14. The first-order valence-corrected chi connectivity index (χ1v) is 9.82. The molecule has 0 saturated carbocycles. The van der Waals surface area contributed by atoms with Gasteiger partial charge in [0.2, 0.25) is 4.77 Å². The molecule has 2 aromatic carbocycles. The van der Waals surface area contributed by atoms with Crippen molar-refractivity contribution in [2.24, 2.45) is 0 Å². The fourth-order valence-corrected chi connectivity index (χ4v) is 3.38. The number of halogens is 2. The molecule has 1 heterocycles. The molecule has 3 aromatic rings. The maximum absolute atomic E-state index is 6.20. The van der Waals surface area contributed by atoms with E-state index >= 15 is 0 Å². The minimum absolute atomic E-state index is 0.247. The Morgan fingerprint density at radius 2 is 1.93 bits per heavy atom. The van der Waals surface area contributed by atoms with Gasteiger partial charge in [0.05, 0.1) is 13.7 Å². The summed E-state index contributed by atoms with van der Waals surface area (Å²) in [7, 11) is 1.60. The minimum atomic E-state index is 0.247. The van der Waals surface area contributed by atoms with Crippen molar-refractivity contribution in [2.75, 3.05) is 12.5 Å². The Morgan fingerprint density at radius 1 is 1.18 bits per heavy atom. The van der Waals surface area contributed by atoms with Gasteiger partial charge in [-0.05, 0) is 42.0 Å². The fraction of sp³-hybridized carbons (Fsp3) is 0.263. The highest BCUT2D eigenvalue weighted by molar-refractivity contribution is 7.71. The maximum atomic E-state index is 6.20. The van der Waals surface area contributed by atoms with Crippen LogP contribution in [0.3, 0.4) is 0 Å². The number of rotatable bonds is 8. The Kier molecular flexibility index (Phi) is 6.83. The van der Waals surface area contributed by atoms with Gasteiger partial charge in [0.25, 0.3) is 0 Å². The number of benzene rings is 2. The molecule has 0 atom stereocenters. The summed E-state index contributed by atoms with van der Waals surface area (Å²) in [5.74, 6) is 2.07. The van der Waals surface area contributed by atoms with E-state index in [1.165, 1.54) is 0 Å². The van der Waals surface area contributed by atoms with Crippen LogP contribution < -0.4 is 14.9 Å². The Bertz CT molecular complexity index is 999. The standard InChI is InChI=1S/C19H20Cl2N4O2S/c1-3-18-23-24-19(28)25(18)22-10-12-7-8-16(17(9-12)26-2)27-11-13-14(20)5-4-6-15(13)21/h4-9,22H,3,10-11H2,1-2H3,(H,24,28). The van der Waals surface area contributed by atoms with Gasteiger partial charge >= 0.3 is 0 Å². The van der Waals surface area contributed by atoms with Crippen LogP contribution in [0.5, 0.6) is 11.5 Å². The number of nitrogens with one attached hydrogen (secondary N) is 2. The van der Waals surface area contributed by atoms with E-state index in [0.717, 1.165) is 23.4 Å². The summed E-state index contributed by atoms with van der Waals surface area (Å²) in [5, 5.41) is 8.09. The Hall–Kier alpha value is -2.22. The van der Waals surface area contributed by atoms with Gasteiger partial charge in [-0.3, -0.25) is 5.10 Å². The summed E-state index contributed by atoms with van der Waals surface area (Å²) in [5.41, 5.74) is 5.00. The van der Waals surface area contributed by atoms with Crippen LogP contribution in [0.1, 0.15) is 23.9 Å². The summed E-state index contributed by atoms with van der Waals surface area (Å²) in [6, 6.07) is 11.1. The molecule has 0 bridgehead atoms. The van der Waals surface area contributed by atoms with Gasteiger partial charge in [-0.25, -0.2) is 4.68 Å². The number of H-pyrrole nitrogens is 1. The molecule has 148 valence electrons. The molecule has 0 fully saturated rings. The molecule has 0 aliphatic heterocycles. The molecule has 0 spiro atoms. The number of hydrogen-bond donors (Lipinski definition) is 2. The van der Waals surface area contributed by atoms with Crippen molar-refractivity contribution in [3.05, 3.63) is 68.2 Å². The van der Waals surface area contributed by atoms with E-state index < -0.39 is 0 Å². The number of hydrogen-bond acceptors (Lipinski definition) is 5. The van der Waals surface area contributed by atoms with Crippen molar-refractivity contribution in [2.45, 2.75) is 26.5 Å². The van der Waals surface area contributed by atoms with Crippen molar-refractivity contribution in [3.63, 3.8) is 0 Å². The zero-order valence-electron chi connectivity index (χ0n) is 15.5. The molecule has 0 radical (unpaired) electrons. The molecule has 0 unspecified atom stereocenters. The lowest BCUT2D eigenvalue weighted by Gasteiger charge is -2.14. The first-order chi connectivity index (χ1) is 13.5. The number of ether oxygens (including phenoxy) is 2. The molecule has 2 N–H and O–H groups in total. The Morgan fingerprint density at radius 3 is 2.61 bits per heavy atom. The summed E-state index contributed by atoms with van der Waals surface area (Å²) >= 11 is 17.6. The first kappa shape index (κ1) is 20.5. The van der Waals surface area contributed by atoms with Crippen LogP contribution in [-0.2, 0) is 19.6 Å². The fourth-order valence-electron chi connectivity index (χ4n) is 2.66. The Balaban J connectivity index is 1.71. The lowest BCUT2D eigenvalue weighted by Crippen LogP contribution is -2.17. The molecule has 9 heteroatoms. The topological polar surface area (TPSA) is 64.1 Å². The van der Waals surface area contributed by atoms with Crippen molar-refractivity contribution in [3.8, 4) is 11.5 Å². The van der Waals surface area contributed by atoms with E-state index in [4.69, 9.17) is 44.9 Å². The second-order valence-electron chi connectivity index (χ2n) is 5.94. The molecule has 28 heavy (non-hydrogen) atoms. The molecular weight excluding hydrogens is 419 g/mol. The highest BCUT2D eigenvalue weighted by Crippen LogP contribution is 2.31. The highest BCUT2D eigenvalue weighted by atomic mass is 35.5. The van der Waals surface area contributed by atoms with Gasteiger partial charge in [-0.15, -0.1) is 0 Å². The monoisotopic (exact) mass is 438 g/mol. The van der Waals surface area contributed by atoms with Gasteiger partial charge in [0.15, 0.2) is 17.3 Å². The molecule has 0 saturated heterocycles. The number of methoxy groups -OCH3 is 1. The lowest BCUT2D eigenvalue weighted by molar-refractivity contribution is 0.284. The van der Waals surface area contributed by atoms with Crippen LogP contribution >= 0.6 is 35.4 Å². The van der Waals surface area contributed by atoms with E-state index in [-0.39, 0.29) is 6.61 Å². The molecule has 0 aliphatic rings. The SMILES string of the molecule is CCc1n[nH]c(=S)n1NCc1ccc(OCc2c(Cl)cccc2Cl)c(OC)c1. The molecule has 3 rings (SSSR count). The van der Waals surface area contributed by atoms with Crippen LogP contribution in [0.15, 0.2) is 36.4 Å².